The predicted octanol–water partition coefficient (Wildman–Crippen LogP) is 1.59. The number of carbonyl (C=O) groups excluding carboxylic acids is 1. The van der Waals surface area contributed by atoms with Crippen molar-refractivity contribution in [3.63, 3.8) is 0 Å². The Hall–Kier alpha value is -2.96. The van der Waals surface area contributed by atoms with Gasteiger partial charge >= 0.3 is 0 Å². The molecule has 3 aromatic heterocycles. The van der Waals surface area contributed by atoms with Crippen LogP contribution in [-0.4, -0.2) is 42.6 Å². The molecule has 1 saturated heterocycles. The molecule has 0 bridgehead atoms. The van der Waals surface area contributed by atoms with Gasteiger partial charge in [0.1, 0.15) is 11.2 Å². The van der Waals surface area contributed by atoms with Crippen LogP contribution in [0.15, 0.2) is 53.8 Å². The molecule has 1 atom stereocenters. The molecule has 7 heteroatoms. The molecule has 0 radical (unpaired) electrons. The van der Waals surface area contributed by atoms with E-state index in [-0.39, 0.29) is 23.1 Å². The molecule has 0 aliphatic carbocycles. The first-order valence-corrected chi connectivity index (χ1v) is 8.49. The fourth-order valence-corrected chi connectivity index (χ4v) is 3.41. The molecule has 1 aliphatic rings. The zero-order valence-corrected chi connectivity index (χ0v) is 13.8. The summed E-state index contributed by atoms with van der Waals surface area (Å²) in [7, 11) is 0. The number of fused-ring (bicyclic) bond motifs is 1. The van der Waals surface area contributed by atoms with Crippen molar-refractivity contribution in [3.05, 3.63) is 65.0 Å². The number of carbonyl (C=O) groups is 1. The summed E-state index contributed by atoms with van der Waals surface area (Å²) >= 11 is 0. The van der Waals surface area contributed by atoms with E-state index < -0.39 is 0 Å². The van der Waals surface area contributed by atoms with Gasteiger partial charge < -0.3 is 4.90 Å². The van der Waals surface area contributed by atoms with Crippen molar-refractivity contribution >= 4 is 11.6 Å². The van der Waals surface area contributed by atoms with Crippen LogP contribution in [0, 0.1) is 0 Å². The second-order valence-corrected chi connectivity index (χ2v) is 6.28. The fourth-order valence-electron chi connectivity index (χ4n) is 3.41. The van der Waals surface area contributed by atoms with Gasteiger partial charge in [-0.25, -0.2) is 4.98 Å². The van der Waals surface area contributed by atoms with Crippen LogP contribution in [0.2, 0.25) is 0 Å². The van der Waals surface area contributed by atoms with Crippen LogP contribution in [0.4, 0.5) is 0 Å². The van der Waals surface area contributed by atoms with E-state index in [1.54, 1.807) is 29.4 Å². The quantitative estimate of drug-likeness (QED) is 0.727. The highest BCUT2D eigenvalue weighted by Crippen LogP contribution is 2.20. The molecule has 0 spiro atoms. The van der Waals surface area contributed by atoms with Crippen molar-refractivity contribution in [1.82, 2.24) is 24.1 Å². The highest BCUT2D eigenvalue weighted by atomic mass is 16.2. The lowest BCUT2D eigenvalue weighted by Crippen LogP contribution is -2.47. The van der Waals surface area contributed by atoms with Crippen molar-refractivity contribution in [2.75, 3.05) is 6.54 Å². The van der Waals surface area contributed by atoms with Crippen LogP contribution >= 0.6 is 0 Å². The molecule has 3 aromatic rings. The monoisotopic (exact) mass is 337 g/mol. The van der Waals surface area contributed by atoms with Gasteiger partial charge in [-0.2, -0.15) is 5.10 Å². The van der Waals surface area contributed by atoms with Gasteiger partial charge in [0.2, 0.25) is 0 Å². The van der Waals surface area contributed by atoms with Crippen molar-refractivity contribution in [1.29, 1.82) is 0 Å². The molecule has 7 nitrogen and oxygen atoms in total. The van der Waals surface area contributed by atoms with Crippen LogP contribution in [0.25, 0.3) is 5.65 Å². The minimum absolute atomic E-state index is 0.0389. The molecule has 1 aliphatic heterocycles. The summed E-state index contributed by atoms with van der Waals surface area (Å²) in [6.45, 7) is 1.29. The average molecular weight is 337 g/mol. The van der Waals surface area contributed by atoms with Gasteiger partial charge in [0.05, 0.1) is 12.6 Å². The van der Waals surface area contributed by atoms with Crippen LogP contribution in [0.3, 0.4) is 0 Å². The molecule has 0 unspecified atom stereocenters. The third kappa shape index (κ3) is 2.93. The first kappa shape index (κ1) is 15.6. The van der Waals surface area contributed by atoms with E-state index in [0.29, 0.717) is 18.7 Å². The van der Waals surface area contributed by atoms with Gasteiger partial charge in [-0.15, -0.1) is 0 Å². The van der Waals surface area contributed by atoms with Gasteiger partial charge in [0.25, 0.3) is 11.5 Å². The molecule has 1 amide bonds. The maximum absolute atomic E-state index is 13.0. The van der Waals surface area contributed by atoms with E-state index in [0.717, 1.165) is 19.3 Å². The van der Waals surface area contributed by atoms with E-state index in [2.05, 4.69) is 10.1 Å². The number of hydrogen-bond acceptors (Lipinski definition) is 4. The average Bonchev–Trinajstić information content (AvgIpc) is 3.15. The van der Waals surface area contributed by atoms with E-state index in [4.69, 9.17) is 0 Å². The lowest BCUT2D eigenvalue weighted by atomic mass is 10.0. The molecule has 0 saturated carbocycles. The van der Waals surface area contributed by atoms with Gasteiger partial charge in [-0.3, -0.25) is 18.7 Å². The van der Waals surface area contributed by atoms with Gasteiger partial charge in [0, 0.05) is 31.3 Å². The summed E-state index contributed by atoms with van der Waals surface area (Å²) in [6, 6.07) is 7.22. The van der Waals surface area contributed by atoms with Crippen molar-refractivity contribution in [3.8, 4) is 0 Å². The molecule has 4 rings (SSSR count). The van der Waals surface area contributed by atoms with Crippen LogP contribution in [0.5, 0.6) is 0 Å². The van der Waals surface area contributed by atoms with Gasteiger partial charge in [-0.05, 0) is 37.5 Å². The van der Waals surface area contributed by atoms with Crippen LogP contribution in [0.1, 0.15) is 29.6 Å². The summed E-state index contributed by atoms with van der Waals surface area (Å²) in [6.07, 6.45) is 9.60. The normalized spacial score (nSPS) is 17.8. The zero-order chi connectivity index (χ0) is 17.2. The Morgan fingerprint density at radius 2 is 2.12 bits per heavy atom. The first-order valence-electron chi connectivity index (χ1n) is 8.49. The lowest BCUT2D eigenvalue weighted by molar-refractivity contribution is 0.0581. The van der Waals surface area contributed by atoms with Crippen LogP contribution < -0.4 is 5.56 Å². The predicted molar refractivity (Wildman–Crippen MR) is 92.4 cm³/mol. The topological polar surface area (TPSA) is 72.5 Å². The van der Waals surface area contributed by atoms with Crippen molar-refractivity contribution < 1.29 is 4.79 Å². The number of aromatic nitrogens is 4. The second-order valence-electron chi connectivity index (χ2n) is 6.28. The fraction of sp³-hybridized carbons (Fsp3) is 0.333. The highest BCUT2D eigenvalue weighted by Gasteiger charge is 2.29. The Kier molecular flexibility index (Phi) is 4.05. The number of nitrogens with zero attached hydrogens (tertiary/aromatic N) is 5. The van der Waals surface area contributed by atoms with Crippen LogP contribution in [-0.2, 0) is 6.54 Å². The Morgan fingerprint density at radius 1 is 1.20 bits per heavy atom. The first-order chi connectivity index (χ1) is 12.2. The summed E-state index contributed by atoms with van der Waals surface area (Å²) in [5.74, 6) is -0.243. The molecule has 0 aromatic carbocycles. The third-order valence-electron chi connectivity index (χ3n) is 4.69. The maximum Gasteiger partial charge on any atom is 0.270 e. The minimum atomic E-state index is -0.320. The van der Waals surface area contributed by atoms with E-state index >= 15 is 0 Å². The summed E-state index contributed by atoms with van der Waals surface area (Å²) in [5, 5.41) is 4.24. The number of rotatable bonds is 3. The summed E-state index contributed by atoms with van der Waals surface area (Å²) in [4.78, 5) is 31.8. The summed E-state index contributed by atoms with van der Waals surface area (Å²) < 4.78 is 3.25. The summed E-state index contributed by atoms with van der Waals surface area (Å²) in [5.41, 5.74) is 0.339. The molecule has 25 heavy (non-hydrogen) atoms. The minimum Gasteiger partial charge on any atom is -0.334 e. The van der Waals surface area contributed by atoms with Gasteiger partial charge in [-0.1, -0.05) is 6.07 Å². The van der Waals surface area contributed by atoms with E-state index in [9.17, 15) is 9.59 Å². The van der Waals surface area contributed by atoms with E-state index in [1.807, 2.05) is 23.0 Å². The molecular weight excluding hydrogens is 318 g/mol. The number of likely N-dealkylation sites (tertiary alicyclic amines) is 1. The Balaban J connectivity index is 1.66. The van der Waals surface area contributed by atoms with Crippen molar-refractivity contribution in [2.24, 2.45) is 0 Å². The van der Waals surface area contributed by atoms with Gasteiger partial charge in [0.15, 0.2) is 0 Å². The molecule has 128 valence electrons. The Bertz CT molecular complexity index is 948. The zero-order valence-electron chi connectivity index (χ0n) is 13.8. The Labute approximate surface area is 144 Å². The highest BCUT2D eigenvalue weighted by molar-refractivity contribution is 5.94. The van der Waals surface area contributed by atoms with Crippen molar-refractivity contribution in [2.45, 2.75) is 31.8 Å². The number of pyridine rings is 1. The Morgan fingerprint density at radius 3 is 2.96 bits per heavy atom. The largest absolute Gasteiger partial charge is 0.334 e. The smallest absolute Gasteiger partial charge is 0.270 e. The standard InChI is InChI=1S/C18H19N5O2/c24-17(15-12-19-16-7-2-4-11-23(16)18(15)25)22-10-3-1-6-14(22)13-21-9-5-8-20-21/h2,4-5,7-9,11-12,14H,1,3,6,10,13H2/t14-/m0/s1. The number of piperidine rings is 1. The molecular formula is C18H19N5O2. The lowest BCUT2D eigenvalue weighted by Gasteiger charge is -2.35. The molecule has 1 fully saturated rings. The van der Waals surface area contributed by atoms with E-state index in [1.165, 1.54) is 10.6 Å². The molecule has 0 N–H and O–H groups in total. The molecule has 4 heterocycles. The second kappa shape index (κ2) is 6.51. The maximum atomic E-state index is 13.0. The number of amides is 1. The third-order valence-corrected chi connectivity index (χ3v) is 4.69. The SMILES string of the molecule is O=C(c1cnc2ccccn2c1=O)N1CCCC[C@H]1Cn1cccn1. The number of hydrogen-bond donors (Lipinski definition) is 0.